The molecule has 0 unspecified atom stereocenters. The van der Waals surface area contributed by atoms with Crippen LogP contribution < -0.4 is 5.73 Å². The highest BCUT2D eigenvalue weighted by molar-refractivity contribution is 7.15. The van der Waals surface area contributed by atoms with E-state index >= 15 is 0 Å². The van der Waals surface area contributed by atoms with Gasteiger partial charge in [0, 0.05) is 12.7 Å². The van der Waals surface area contributed by atoms with Crippen molar-refractivity contribution in [1.82, 2.24) is 10.0 Å². The number of amides is 2. The van der Waals surface area contributed by atoms with E-state index in [-0.39, 0.29) is 6.61 Å². The zero-order valence-corrected chi connectivity index (χ0v) is 9.14. The first-order chi connectivity index (χ1) is 6.63. The quantitative estimate of drug-likeness (QED) is 0.807. The van der Waals surface area contributed by atoms with Gasteiger partial charge in [0.1, 0.15) is 6.61 Å². The molecule has 7 heteroatoms. The number of halogens is 1. The minimum absolute atomic E-state index is 0.251. The second kappa shape index (κ2) is 5.14. The molecule has 0 aliphatic heterocycles. The van der Waals surface area contributed by atoms with Crippen molar-refractivity contribution < 1.29 is 9.63 Å². The maximum Gasteiger partial charge on any atom is 0.338 e. The van der Waals surface area contributed by atoms with Gasteiger partial charge in [-0.05, 0) is 6.92 Å². The van der Waals surface area contributed by atoms with Gasteiger partial charge in [-0.15, -0.1) is 11.3 Å². The molecule has 5 nitrogen and oxygen atoms in total. The third-order valence-electron chi connectivity index (χ3n) is 1.42. The maximum atomic E-state index is 10.7. The number of nitrogens with two attached hydrogens (primary N) is 1. The van der Waals surface area contributed by atoms with E-state index in [0.717, 1.165) is 9.94 Å². The van der Waals surface area contributed by atoms with Gasteiger partial charge in [-0.2, -0.15) is 0 Å². The Morgan fingerprint density at radius 1 is 1.86 bits per heavy atom. The summed E-state index contributed by atoms with van der Waals surface area (Å²) < 4.78 is 0.450. The Bertz CT molecular complexity index is 318. The summed E-state index contributed by atoms with van der Waals surface area (Å²) in [4.78, 5) is 20.5. The maximum absolute atomic E-state index is 10.7. The Balaban J connectivity index is 2.43. The summed E-state index contributed by atoms with van der Waals surface area (Å²) in [6.45, 7) is 2.42. The molecule has 78 valence electrons. The highest BCUT2D eigenvalue weighted by atomic mass is 35.5. The van der Waals surface area contributed by atoms with E-state index < -0.39 is 6.03 Å². The van der Waals surface area contributed by atoms with Crippen LogP contribution in [0.1, 0.15) is 11.8 Å². The summed E-state index contributed by atoms with van der Waals surface area (Å²) in [6, 6.07) is -0.608. The minimum Gasteiger partial charge on any atom is -0.350 e. The predicted octanol–water partition coefficient (Wildman–Crippen LogP) is 1.63. The van der Waals surface area contributed by atoms with Crippen molar-refractivity contribution in [2.75, 3.05) is 6.54 Å². The summed E-state index contributed by atoms with van der Waals surface area (Å²) in [5.41, 5.74) is 5.04. The van der Waals surface area contributed by atoms with Gasteiger partial charge in [0.15, 0.2) is 4.47 Å². The number of hydrogen-bond acceptors (Lipinski definition) is 4. The van der Waals surface area contributed by atoms with Crippen molar-refractivity contribution in [2.24, 2.45) is 5.73 Å². The summed E-state index contributed by atoms with van der Waals surface area (Å²) in [5.74, 6) is 0. The number of nitrogens with zero attached hydrogens (tertiary/aromatic N) is 2. The van der Waals surface area contributed by atoms with E-state index in [0.29, 0.717) is 11.0 Å². The number of rotatable bonds is 4. The first kappa shape index (κ1) is 11.2. The lowest BCUT2D eigenvalue weighted by molar-refractivity contribution is -0.121. The fraction of sp³-hybridized carbons (Fsp3) is 0.429. The lowest BCUT2D eigenvalue weighted by atomic mass is 10.6. The number of carbonyl (C=O) groups is 1. The summed E-state index contributed by atoms with van der Waals surface area (Å²) in [7, 11) is 0. The Hall–Kier alpha value is -0.850. The number of primary amides is 1. The molecule has 1 aromatic heterocycles. The average molecular weight is 236 g/mol. The van der Waals surface area contributed by atoms with Crippen LogP contribution >= 0.6 is 22.9 Å². The van der Waals surface area contributed by atoms with Crippen molar-refractivity contribution in [3.63, 3.8) is 0 Å². The molecular formula is C7H10ClN3O2S. The third-order valence-corrected chi connectivity index (χ3v) is 2.51. The van der Waals surface area contributed by atoms with Crippen LogP contribution in [0.5, 0.6) is 0 Å². The van der Waals surface area contributed by atoms with E-state index in [2.05, 4.69) is 4.98 Å². The number of aromatic nitrogens is 1. The van der Waals surface area contributed by atoms with E-state index in [4.69, 9.17) is 22.2 Å². The van der Waals surface area contributed by atoms with Crippen LogP contribution in [-0.2, 0) is 11.4 Å². The number of hydroxylamine groups is 2. The standard InChI is InChI=1S/C7H10ClN3O2S/c1-2-11(7(9)12)13-4-5-3-10-6(8)14-5/h3H,2,4H2,1H3,(H2,9,12). The average Bonchev–Trinajstić information content (AvgIpc) is 2.52. The fourth-order valence-electron chi connectivity index (χ4n) is 0.803. The lowest BCUT2D eigenvalue weighted by Crippen LogP contribution is -2.35. The smallest absolute Gasteiger partial charge is 0.338 e. The number of carbonyl (C=O) groups excluding carboxylic acids is 1. The molecule has 2 amide bonds. The monoisotopic (exact) mass is 235 g/mol. The van der Waals surface area contributed by atoms with Crippen LogP contribution in [0.2, 0.25) is 4.47 Å². The molecular weight excluding hydrogens is 226 g/mol. The number of urea groups is 1. The van der Waals surface area contributed by atoms with Crippen molar-refractivity contribution in [2.45, 2.75) is 13.5 Å². The minimum atomic E-state index is -0.608. The zero-order valence-electron chi connectivity index (χ0n) is 7.57. The number of hydrogen-bond donors (Lipinski definition) is 1. The van der Waals surface area contributed by atoms with E-state index in [9.17, 15) is 4.79 Å². The SMILES string of the molecule is CCN(OCc1cnc(Cl)s1)C(N)=O. The molecule has 0 aromatic carbocycles. The second-order valence-corrected chi connectivity index (χ2v) is 4.08. The first-order valence-corrected chi connectivity index (χ1v) is 5.13. The molecule has 0 atom stereocenters. The molecule has 0 saturated heterocycles. The summed E-state index contributed by atoms with van der Waals surface area (Å²) in [5, 5.41) is 1.08. The van der Waals surface area contributed by atoms with Crippen molar-refractivity contribution in [3.8, 4) is 0 Å². The molecule has 0 radical (unpaired) electrons. The first-order valence-electron chi connectivity index (χ1n) is 3.93. The van der Waals surface area contributed by atoms with Gasteiger partial charge in [-0.3, -0.25) is 4.84 Å². The molecule has 1 heterocycles. The zero-order chi connectivity index (χ0) is 10.6. The van der Waals surface area contributed by atoms with Gasteiger partial charge in [0.05, 0.1) is 4.88 Å². The second-order valence-electron chi connectivity index (χ2n) is 2.39. The van der Waals surface area contributed by atoms with Gasteiger partial charge in [0.25, 0.3) is 0 Å². The van der Waals surface area contributed by atoms with Crippen molar-refractivity contribution in [3.05, 3.63) is 15.5 Å². The molecule has 0 saturated carbocycles. The fourth-order valence-corrected chi connectivity index (χ4v) is 1.69. The highest BCUT2D eigenvalue weighted by Gasteiger charge is 2.08. The Kier molecular flexibility index (Phi) is 4.12. The van der Waals surface area contributed by atoms with Gasteiger partial charge in [-0.25, -0.2) is 14.8 Å². The van der Waals surface area contributed by atoms with Gasteiger partial charge >= 0.3 is 6.03 Å². The molecule has 1 aromatic rings. The van der Waals surface area contributed by atoms with Gasteiger partial charge in [0.2, 0.25) is 0 Å². The van der Waals surface area contributed by atoms with E-state index in [1.807, 2.05) is 0 Å². The van der Waals surface area contributed by atoms with Crippen LogP contribution in [-0.4, -0.2) is 22.6 Å². The molecule has 0 aliphatic rings. The largest absolute Gasteiger partial charge is 0.350 e. The Morgan fingerprint density at radius 2 is 2.57 bits per heavy atom. The molecule has 0 aliphatic carbocycles. The van der Waals surface area contributed by atoms with Crippen LogP contribution in [0.25, 0.3) is 0 Å². The molecule has 0 spiro atoms. The van der Waals surface area contributed by atoms with Crippen molar-refractivity contribution >= 4 is 29.0 Å². The number of thiazole rings is 1. The Labute approximate surface area is 90.4 Å². The topological polar surface area (TPSA) is 68.4 Å². The molecule has 0 fully saturated rings. The summed E-state index contributed by atoms with van der Waals surface area (Å²) in [6.07, 6.45) is 1.60. The lowest BCUT2D eigenvalue weighted by Gasteiger charge is -2.16. The van der Waals surface area contributed by atoms with E-state index in [1.165, 1.54) is 11.3 Å². The third kappa shape index (κ3) is 3.13. The van der Waals surface area contributed by atoms with Gasteiger partial charge in [-0.1, -0.05) is 11.6 Å². The van der Waals surface area contributed by atoms with Crippen molar-refractivity contribution in [1.29, 1.82) is 0 Å². The molecule has 1 rings (SSSR count). The summed E-state index contributed by atoms with van der Waals surface area (Å²) >= 11 is 6.92. The van der Waals surface area contributed by atoms with Gasteiger partial charge < -0.3 is 5.73 Å². The van der Waals surface area contributed by atoms with E-state index in [1.54, 1.807) is 13.1 Å². The van der Waals surface area contributed by atoms with Crippen LogP contribution in [0.3, 0.4) is 0 Å². The normalized spacial score (nSPS) is 10.1. The molecule has 2 N–H and O–H groups in total. The predicted molar refractivity (Wildman–Crippen MR) is 53.9 cm³/mol. The Morgan fingerprint density at radius 3 is 3.00 bits per heavy atom. The van der Waals surface area contributed by atoms with Crippen LogP contribution in [0.4, 0.5) is 4.79 Å². The van der Waals surface area contributed by atoms with Crippen LogP contribution in [0, 0.1) is 0 Å². The molecule has 0 bridgehead atoms. The van der Waals surface area contributed by atoms with Crippen LogP contribution in [0.15, 0.2) is 6.20 Å². The highest BCUT2D eigenvalue weighted by Crippen LogP contribution is 2.18. The molecule has 14 heavy (non-hydrogen) atoms.